The molecule has 3 aromatic heterocycles. The molecule has 1 aliphatic carbocycles. The molecule has 0 amide bonds. The number of hydrogen-bond donors (Lipinski definition) is 2. The molecule has 6 rings (SSSR count). The van der Waals surface area contributed by atoms with Gasteiger partial charge in [0.2, 0.25) is 5.95 Å². The number of aliphatic imine (C=N–C) groups is 1. The highest BCUT2D eigenvalue weighted by atomic mass is 16.5. The van der Waals surface area contributed by atoms with Crippen LogP contribution < -0.4 is 5.32 Å². The molecular weight excluding hydrogens is 566 g/mol. The third-order valence-electron chi connectivity index (χ3n) is 8.69. The van der Waals surface area contributed by atoms with Crippen LogP contribution in [0.25, 0.3) is 22.5 Å². The normalized spacial score (nSPS) is 16.1. The first-order valence-corrected chi connectivity index (χ1v) is 15.8. The number of piperazine rings is 1. The standard InChI is InChI=1S/C33H43N11O/c1-4-44-13-11-29(40-44)37-33-36-23-26-9-10-28-30(31(26)38-33)32(41(2)39-28)25-7-5-24(6-8-25)27(21-34)22-35-12-14-42-15-17-43(18-16-42)19-20-45-3/h5-8,11,13,21-23,27,34H,4,9-10,12,14-20H2,1-3H3,(H,36,37,38,40). The number of ether oxygens (including phenoxy) is 1. The zero-order valence-corrected chi connectivity index (χ0v) is 26.5. The summed E-state index contributed by atoms with van der Waals surface area (Å²) in [5.74, 6) is 1.07. The van der Waals surface area contributed by atoms with Crippen molar-refractivity contribution in [3.05, 3.63) is 59.5 Å². The van der Waals surface area contributed by atoms with Crippen molar-refractivity contribution in [1.29, 1.82) is 5.41 Å². The van der Waals surface area contributed by atoms with E-state index in [1.165, 1.54) is 6.21 Å². The number of hydrogen-bond acceptors (Lipinski definition) is 10. The molecule has 12 nitrogen and oxygen atoms in total. The van der Waals surface area contributed by atoms with E-state index in [0.717, 1.165) is 117 Å². The number of methoxy groups -OCH3 is 1. The van der Waals surface area contributed by atoms with Gasteiger partial charge in [0.05, 0.1) is 36.2 Å². The molecule has 1 fully saturated rings. The maximum Gasteiger partial charge on any atom is 0.228 e. The first kappa shape index (κ1) is 30.8. The van der Waals surface area contributed by atoms with Gasteiger partial charge < -0.3 is 15.5 Å². The van der Waals surface area contributed by atoms with Crippen molar-refractivity contribution in [2.75, 3.05) is 64.8 Å². The fraction of sp³-hybridized carbons (Fsp3) is 0.455. The molecule has 45 heavy (non-hydrogen) atoms. The van der Waals surface area contributed by atoms with Gasteiger partial charge in [-0.3, -0.25) is 24.2 Å². The van der Waals surface area contributed by atoms with E-state index < -0.39 is 0 Å². The zero-order chi connectivity index (χ0) is 31.2. The lowest BCUT2D eigenvalue weighted by Gasteiger charge is -2.34. The average molecular weight is 610 g/mol. The maximum absolute atomic E-state index is 8.07. The van der Waals surface area contributed by atoms with Gasteiger partial charge in [0, 0.05) is 102 Å². The molecule has 2 N–H and O–H groups in total. The van der Waals surface area contributed by atoms with Crippen LogP contribution in [0.3, 0.4) is 0 Å². The minimum atomic E-state index is -0.163. The van der Waals surface area contributed by atoms with Crippen LogP contribution in [0.2, 0.25) is 0 Å². The van der Waals surface area contributed by atoms with E-state index in [4.69, 9.17) is 25.2 Å². The summed E-state index contributed by atoms with van der Waals surface area (Å²) < 4.78 is 9.03. The average Bonchev–Trinajstić information content (AvgIpc) is 3.67. The molecular formula is C33H43N11O. The second-order valence-electron chi connectivity index (χ2n) is 11.6. The van der Waals surface area contributed by atoms with Crippen LogP contribution in [0.15, 0.2) is 47.7 Å². The first-order valence-electron chi connectivity index (χ1n) is 15.8. The summed E-state index contributed by atoms with van der Waals surface area (Å²) in [4.78, 5) is 19.1. The van der Waals surface area contributed by atoms with Crippen LogP contribution in [-0.2, 0) is 31.2 Å². The molecule has 1 unspecified atom stereocenters. The predicted molar refractivity (Wildman–Crippen MR) is 178 cm³/mol. The second kappa shape index (κ2) is 14.2. The second-order valence-corrected chi connectivity index (χ2v) is 11.6. The molecule has 0 saturated carbocycles. The SMILES string of the molecule is CCn1ccc(Nc2ncc3c(n2)-c2c(nn(C)c2-c2ccc(C(C=N)C=NCCN4CCN(CCOC)CC4)cc2)CC3)n1. The highest BCUT2D eigenvalue weighted by Crippen LogP contribution is 2.39. The predicted octanol–water partition coefficient (Wildman–Crippen LogP) is 3.67. The van der Waals surface area contributed by atoms with Crippen molar-refractivity contribution in [2.24, 2.45) is 12.0 Å². The molecule has 1 aliphatic heterocycles. The lowest BCUT2D eigenvalue weighted by atomic mass is 9.91. The van der Waals surface area contributed by atoms with Gasteiger partial charge in [-0.2, -0.15) is 10.2 Å². The summed E-state index contributed by atoms with van der Waals surface area (Å²) in [7, 11) is 3.75. The Balaban J connectivity index is 1.14. The van der Waals surface area contributed by atoms with E-state index in [1.54, 1.807) is 7.11 Å². The Morgan fingerprint density at radius 3 is 2.53 bits per heavy atom. The van der Waals surface area contributed by atoms with Gasteiger partial charge in [-0.05, 0) is 30.9 Å². The smallest absolute Gasteiger partial charge is 0.228 e. The van der Waals surface area contributed by atoms with Crippen molar-refractivity contribution >= 4 is 24.2 Å². The number of aryl methyl sites for hydroxylation is 4. The lowest BCUT2D eigenvalue weighted by molar-refractivity contribution is 0.0985. The van der Waals surface area contributed by atoms with Crippen LogP contribution in [0.1, 0.15) is 29.7 Å². The Morgan fingerprint density at radius 1 is 1.04 bits per heavy atom. The Kier molecular flexibility index (Phi) is 9.72. The Labute approximate surface area is 264 Å². The fourth-order valence-electron chi connectivity index (χ4n) is 6.11. The van der Waals surface area contributed by atoms with Crippen LogP contribution in [0.5, 0.6) is 0 Å². The molecule has 2 aliphatic rings. The van der Waals surface area contributed by atoms with Gasteiger partial charge in [-0.15, -0.1) is 0 Å². The Bertz CT molecular complexity index is 1620. The monoisotopic (exact) mass is 609 g/mol. The Morgan fingerprint density at radius 2 is 1.82 bits per heavy atom. The van der Waals surface area contributed by atoms with Crippen molar-refractivity contribution < 1.29 is 4.74 Å². The molecule has 1 aromatic carbocycles. The molecule has 4 aromatic rings. The van der Waals surface area contributed by atoms with Crippen molar-refractivity contribution in [3.8, 4) is 22.5 Å². The Hall–Kier alpha value is -4.26. The van der Waals surface area contributed by atoms with Crippen LogP contribution in [-0.4, -0.2) is 111 Å². The van der Waals surface area contributed by atoms with Gasteiger partial charge in [0.25, 0.3) is 0 Å². The van der Waals surface area contributed by atoms with Gasteiger partial charge in [0.1, 0.15) is 0 Å². The number of nitrogens with one attached hydrogen (secondary N) is 2. The number of nitrogens with zero attached hydrogens (tertiary/aromatic N) is 9. The fourth-order valence-corrected chi connectivity index (χ4v) is 6.11. The summed E-state index contributed by atoms with van der Waals surface area (Å²) in [6.45, 7) is 10.6. The topological polar surface area (TPSA) is 125 Å². The zero-order valence-electron chi connectivity index (χ0n) is 26.5. The van der Waals surface area contributed by atoms with Crippen molar-refractivity contribution in [3.63, 3.8) is 0 Å². The minimum absolute atomic E-state index is 0.163. The molecule has 0 spiro atoms. The third kappa shape index (κ3) is 7.03. The van der Waals surface area contributed by atoms with E-state index in [1.807, 2.05) is 41.1 Å². The molecule has 12 heteroatoms. The van der Waals surface area contributed by atoms with E-state index in [2.05, 4.69) is 56.4 Å². The van der Waals surface area contributed by atoms with E-state index in [0.29, 0.717) is 5.95 Å². The van der Waals surface area contributed by atoms with Crippen molar-refractivity contribution in [2.45, 2.75) is 32.2 Å². The summed E-state index contributed by atoms with van der Waals surface area (Å²) >= 11 is 0. The van der Waals surface area contributed by atoms with E-state index >= 15 is 0 Å². The third-order valence-corrected chi connectivity index (χ3v) is 8.69. The highest BCUT2D eigenvalue weighted by molar-refractivity contribution is 5.90. The maximum atomic E-state index is 8.07. The molecule has 236 valence electrons. The number of aromatic nitrogens is 6. The van der Waals surface area contributed by atoms with E-state index in [9.17, 15) is 0 Å². The van der Waals surface area contributed by atoms with Crippen molar-refractivity contribution in [1.82, 2.24) is 39.3 Å². The largest absolute Gasteiger partial charge is 0.383 e. The van der Waals surface area contributed by atoms with Gasteiger partial charge >= 0.3 is 0 Å². The summed E-state index contributed by atoms with van der Waals surface area (Å²) in [5, 5.41) is 20.7. The molecule has 0 radical (unpaired) electrons. The summed E-state index contributed by atoms with van der Waals surface area (Å²) in [6, 6.07) is 10.3. The highest BCUT2D eigenvalue weighted by Gasteiger charge is 2.27. The molecule has 1 saturated heterocycles. The van der Waals surface area contributed by atoms with E-state index in [-0.39, 0.29) is 5.92 Å². The minimum Gasteiger partial charge on any atom is -0.383 e. The molecule has 0 bridgehead atoms. The molecule has 4 heterocycles. The number of fused-ring (bicyclic) bond motifs is 3. The summed E-state index contributed by atoms with van der Waals surface area (Å²) in [5.41, 5.74) is 7.26. The van der Waals surface area contributed by atoms with Crippen LogP contribution >= 0.6 is 0 Å². The number of anilines is 2. The van der Waals surface area contributed by atoms with Crippen LogP contribution in [0, 0.1) is 5.41 Å². The van der Waals surface area contributed by atoms with Gasteiger partial charge in [0.15, 0.2) is 5.82 Å². The lowest BCUT2D eigenvalue weighted by Crippen LogP contribution is -2.47. The van der Waals surface area contributed by atoms with Gasteiger partial charge in [-0.25, -0.2) is 9.97 Å². The number of rotatable bonds is 13. The quantitative estimate of drug-likeness (QED) is 0.220. The molecule has 1 atom stereocenters. The van der Waals surface area contributed by atoms with Crippen LogP contribution in [0.4, 0.5) is 11.8 Å². The summed E-state index contributed by atoms with van der Waals surface area (Å²) in [6.07, 6.45) is 8.93. The number of benzene rings is 1. The first-order chi connectivity index (χ1) is 22.1. The van der Waals surface area contributed by atoms with Gasteiger partial charge in [-0.1, -0.05) is 24.3 Å².